The summed E-state index contributed by atoms with van der Waals surface area (Å²) in [7, 11) is 2.02. The van der Waals surface area contributed by atoms with Gasteiger partial charge in [-0.2, -0.15) is 0 Å². The maximum Gasteiger partial charge on any atom is 0.232 e. The van der Waals surface area contributed by atoms with E-state index in [1.54, 1.807) is 0 Å². The van der Waals surface area contributed by atoms with E-state index in [0.29, 0.717) is 25.7 Å². The van der Waals surface area contributed by atoms with Crippen LogP contribution in [-0.2, 0) is 17.8 Å². The van der Waals surface area contributed by atoms with Crippen LogP contribution in [0.2, 0.25) is 0 Å². The first-order chi connectivity index (χ1) is 16.2. The lowest BCUT2D eigenvalue weighted by molar-refractivity contribution is 0.0242. The molecule has 0 spiro atoms. The zero-order valence-corrected chi connectivity index (χ0v) is 19.1. The Bertz CT molecular complexity index is 1040. The van der Waals surface area contributed by atoms with Gasteiger partial charge in [0.2, 0.25) is 5.88 Å². The Morgan fingerprint density at radius 3 is 2.48 bits per heavy atom. The molecule has 1 aromatic heterocycles. The van der Waals surface area contributed by atoms with E-state index in [1.165, 1.54) is 5.56 Å². The van der Waals surface area contributed by atoms with Crippen LogP contribution >= 0.6 is 0 Å². The van der Waals surface area contributed by atoms with E-state index in [4.69, 9.17) is 15.7 Å². The molecule has 2 aromatic carbocycles. The molecule has 0 bridgehead atoms. The van der Waals surface area contributed by atoms with Gasteiger partial charge in [-0.1, -0.05) is 71.7 Å². The van der Waals surface area contributed by atoms with Crippen molar-refractivity contribution < 1.29 is 14.4 Å². The van der Waals surface area contributed by atoms with Crippen LogP contribution in [-0.4, -0.2) is 54.1 Å². The second-order valence-electron chi connectivity index (χ2n) is 8.56. The van der Waals surface area contributed by atoms with Crippen LogP contribution in [0.15, 0.2) is 65.2 Å². The highest BCUT2D eigenvalue weighted by atomic mass is 16.5. The third-order valence-corrected chi connectivity index (χ3v) is 5.79. The summed E-state index contributed by atoms with van der Waals surface area (Å²) in [5.74, 6) is 3.19. The zero-order valence-electron chi connectivity index (χ0n) is 19.1. The fourth-order valence-electron chi connectivity index (χ4n) is 4.06. The first-order valence-electron chi connectivity index (χ1n) is 11.4. The number of rotatable bonds is 12. The lowest BCUT2D eigenvalue weighted by Gasteiger charge is -2.26. The number of aliphatic hydroxyl groups is 1. The summed E-state index contributed by atoms with van der Waals surface area (Å²) in [6.07, 6.45) is 6.89. The molecular formula is C27H31N3O3. The van der Waals surface area contributed by atoms with Crippen LogP contribution in [0.1, 0.15) is 24.0 Å². The summed E-state index contributed by atoms with van der Waals surface area (Å²) in [6.45, 7) is 2.29. The molecule has 6 nitrogen and oxygen atoms in total. The standard InChI is InChI=1S/C27H31N3O3/c1-3-16-32-20-24(31)18-30(23-14-15-23)19-25-26(22-12-8-5-9-13-22)28-33-27(25)29(2)17-21-10-6-4-7-11-21/h1,4-13,23-24,31H,14-20H2,2H3. The Balaban J connectivity index is 1.58. The summed E-state index contributed by atoms with van der Waals surface area (Å²) in [5.41, 5.74) is 4.09. The van der Waals surface area contributed by atoms with E-state index in [0.717, 1.165) is 35.5 Å². The minimum absolute atomic E-state index is 0.207. The fourth-order valence-corrected chi connectivity index (χ4v) is 4.06. The van der Waals surface area contributed by atoms with Crippen molar-refractivity contribution in [1.29, 1.82) is 0 Å². The quantitative estimate of drug-likeness (QED) is 0.336. The average Bonchev–Trinajstić information content (AvgIpc) is 3.60. The summed E-state index contributed by atoms with van der Waals surface area (Å²) < 4.78 is 11.3. The van der Waals surface area contributed by atoms with Gasteiger partial charge in [-0.15, -0.1) is 6.42 Å². The van der Waals surface area contributed by atoms with Crippen molar-refractivity contribution in [3.05, 3.63) is 71.8 Å². The molecule has 0 amide bonds. The van der Waals surface area contributed by atoms with Gasteiger partial charge in [0, 0.05) is 38.3 Å². The van der Waals surface area contributed by atoms with Gasteiger partial charge in [0.05, 0.1) is 18.3 Å². The van der Waals surface area contributed by atoms with E-state index in [-0.39, 0.29) is 13.2 Å². The molecule has 1 aliphatic carbocycles. The summed E-state index contributed by atoms with van der Waals surface area (Å²) in [5, 5.41) is 15.0. The van der Waals surface area contributed by atoms with E-state index in [1.807, 2.05) is 55.6 Å². The summed E-state index contributed by atoms with van der Waals surface area (Å²) >= 11 is 0. The number of hydrogen-bond acceptors (Lipinski definition) is 6. The normalized spacial score (nSPS) is 14.2. The van der Waals surface area contributed by atoms with E-state index in [9.17, 15) is 5.11 Å². The number of benzene rings is 2. The van der Waals surface area contributed by atoms with Crippen molar-refractivity contribution in [2.75, 3.05) is 31.7 Å². The number of anilines is 1. The maximum atomic E-state index is 10.5. The van der Waals surface area contributed by atoms with Gasteiger partial charge in [-0.25, -0.2) is 0 Å². The van der Waals surface area contributed by atoms with Gasteiger partial charge in [0.15, 0.2) is 0 Å². The van der Waals surface area contributed by atoms with Crippen molar-refractivity contribution in [2.24, 2.45) is 0 Å². The number of hydrogen-bond donors (Lipinski definition) is 1. The highest BCUT2D eigenvalue weighted by Crippen LogP contribution is 2.36. The number of ether oxygens (including phenoxy) is 1. The Morgan fingerprint density at radius 2 is 1.82 bits per heavy atom. The second-order valence-corrected chi connectivity index (χ2v) is 8.56. The molecule has 1 fully saturated rings. The monoisotopic (exact) mass is 445 g/mol. The van der Waals surface area contributed by atoms with Gasteiger partial charge in [-0.05, 0) is 18.4 Å². The van der Waals surface area contributed by atoms with Gasteiger partial charge in [-0.3, -0.25) is 4.90 Å². The third kappa shape index (κ3) is 6.23. The molecule has 1 N–H and O–H groups in total. The second kappa shape index (κ2) is 11.2. The summed E-state index contributed by atoms with van der Waals surface area (Å²) in [4.78, 5) is 4.41. The average molecular weight is 446 g/mol. The van der Waals surface area contributed by atoms with E-state index in [2.05, 4.69) is 33.0 Å². The zero-order chi connectivity index (χ0) is 23.0. The van der Waals surface area contributed by atoms with Crippen molar-refractivity contribution in [2.45, 2.75) is 38.1 Å². The Hall–Kier alpha value is -3.11. The van der Waals surface area contributed by atoms with Crippen LogP contribution in [0.4, 0.5) is 5.88 Å². The third-order valence-electron chi connectivity index (χ3n) is 5.79. The molecule has 1 saturated carbocycles. The maximum absolute atomic E-state index is 10.5. The first kappa shape index (κ1) is 23.1. The Labute approximate surface area is 195 Å². The number of terminal acetylenes is 1. The van der Waals surface area contributed by atoms with Crippen molar-refractivity contribution in [1.82, 2.24) is 10.1 Å². The Kier molecular flexibility index (Phi) is 7.79. The van der Waals surface area contributed by atoms with Crippen LogP contribution in [0.25, 0.3) is 11.3 Å². The lowest BCUT2D eigenvalue weighted by Crippen LogP contribution is -2.36. The van der Waals surface area contributed by atoms with Crippen LogP contribution in [0.5, 0.6) is 0 Å². The number of nitrogens with zero attached hydrogens (tertiary/aromatic N) is 3. The molecule has 1 heterocycles. The van der Waals surface area contributed by atoms with E-state index >= 15 is 0 Å². The molecule has 0 aliphatic heterocycles. The summed E-state index contributed by atoms with van der Waals surface area (Å²) in [6, 6.07) is 20.9. The molecule has 1 atom stereocenters. The van der Waals surface area contributed by atoms with Gasteiger partial charge in [0.1, 0.15) is 12.3 Å². The first-order valence-corrected chi connectivity index (χ1v) is 11.4. The molecule has 3 aromatic rings. The predicted molar refractivity (Wildman–Crippen MR) is 130 cm³/mol. The molecule has 1 aliphatic rings. The van der Waals surface area contributed by atoms with Gasteiger partial charge >= 0.3 is 0 Å². The smallest absolute Gasteiger partial charge is 0.232 e. The van der Waals surface area contributed by atoms with E-state index < -0.39 is 6.10 Å². The molecule has 33 heavy (non-hydrogen) atoms. The minimum atomic E-state index is -0.607. The molecule has 172 valence electrons. The van der Waals surface area contributed by atoms with Crippen molar-refractivity contribution in [3.8, 4) is 23.6 Å². The van der Waals surface area contributed by atoms with Gasteiger partial charge in [0.25, 0.3) is 0 Å². The molecule has 4 rings (SSSR count). The molecule has 0 radical (unpaired) electrons. The Morgan fingerprint density at radius 1 is 1.12 bits per heavy atom. The molecule has 0 saturated heterocycles. The van der Waals surface area contributed by atoms with Crippen molar-refractivity contribution >= 4 is 5.88 Å². The highest BCUT2D eigenvalue weighted by Gasteiger charge is 2.33. The molecule has 6 heteroatoms. The number of aromatic nitrogens is 1. The fraction of sp³-hybridized carbons (Fsp3) is 0.370. The molecular weight excluding hydrogens is 414 g/mol. The largest absolute Gasteiger partial charge is 0.389 e. The van der Waals surface area contributed by atoms with Gasteiger partial charge < -0.3 is 19.3 Å². The predicted octanol–water partition coefficient (Wildman–Crippen LogP) is 3.95. The molecule has 1 unspecified atom stereocenters. The lowest BCUT2D eigenvalue weighted by atomic mass is 10.1. The minimum Gasteiger partial charge on any atom is -0.389 e. The SMILES string of the molecule is C#CCOCC(O)CN(Cc1c(-c2ccccc2)noc1N(C)Cc1ccccc1)C1CC1. The van der Waals surface area contributed by atoms with Crippen LogP contribution in [0.3, 0.4) is 0 Å². The van der Waals surface area contributed by atoms with Crippen LogP contribution in [0, 0.1) is 12.3 Å². The topological polar surface area (TPSA) is 62.0 Å². The van der Waals surface area contributed by atoms with Crippen LogP contribution < -0.4 is 4.90 Å². The highest BCUT2D eigenvalue weighted by molar-refractivity contribution is 5.68. The number of aliphatic hydroxyl groups excluding tert-OH is 1. The van der Waals surface area contributed by atoms with Crippen molar-refractivity contribution in [3.63, 3.8) is 0 Å².